The smallest absolute Gasteiger partial charge is 0.249 e. The summed E-state index contributed by atoms with van der Waals surface area (Å²) in [5, 5.41) is 10.9. The van der Waals surface area contributed by atoms with Crippen LogP contribution in [0.3, 0.4) is 0 Å². The highest BCUT2D eigenvalue weighted by molar-refractivity contribution is 6.00. The number of carbonyl (C=O) groups excluding carboxylic acids is 3. The molecule has 4 heterocycles. The number of amides is 3. The average Bonchev–Trinajstić information content (AvgIpc) is 3.39. The van der Waals surface area contributed by atoms with Crippen molar-refractivity contribution < 1.29 is 24.2 Å². The van der Waals surface area contributed by atoms with Gasteiger partial charge in [0.25, 0.3) is 0 Å². The molecule has 2 saturated heterocycles. The fourth-order valence-electron chi connectivity index (χ4n) is 8.96. The summed E-state index contributed by atoms with van der Waals surface area (Å²) >= 11 is 0. The fourth-order valence-corrected chi connectivity index (χ4v) is 8.96. The minimum absolute atomic E-state index is 0.0914. The van der Waals surface area contributed by atoms with Gasteiger partial charge in [0, 0.05) is 25.7 Å². The summed E-state index contributed by atoms with van der Waals surface area (Å²) in [4.78, 5) is 50.1. The molecule has 3 fully saturated rings. The van der Waals surface area contributed by atoms with Gasteiger partial charge >= 0.3 is 0 Å². The van der Waals surface area contributed by atoms with Gasteiger partial charge < -0.3 is 24.5 Å². The zero-order valence-corrected chi connectivity index (χ0v) is 26.7. The zero-order valence-electron chi connectivity index (χ0n) is 26.7. The highest BCUT2D eigenvalue weighted by atomic mass is 16.5. The fraction of sp³-hybridized carbons (Fsp3) is 0.500. The lowest BCUT2D eigenvalue weighted by Crippen LogP contribution is -2.60. The lowest BCUT2D eigenvalue weighted by molar-refractivity contribution is -0.158. The van der Waals surface area contributed by atoms with Crippen molar-refractivity contribution in [3.05, 3.63) is 96.1 Å². The summed E-state index contributed by atoms with van der Waals surface area (Å²) in [6.45, 7) is 2.95. The third kappa shape index (κ3) is 5.01. The van der Waals surface area contributed by atoms with E-state index in [4.69, 9.17) is 4.74 Å². The summed E-state index contributed by atoms with van der Waals surface area (Å²) in [5.74, 6) is -2.27. The van der Waals surface area contributed by atoms with Crippen molar-refractivity contribution in [1.29, 1.82) is 0 Å². The Hall–Kier alpha value is -3.75. The van der Waals surface area contributed by atoms with Crippen LogP contribution in [0.1, 0.15) is 56.6 Å². The molecule has 1 spiro atoms. The maximum Gasteiger partial charge on any atom is 0.249 e. The van der Waals surface area contributed by atoms with E-state index in [0.29, 0.717) is 32.5 Å². The molecule has 8 heteroatoms. The van der Waals surface area contributed by atoms with Crippen LogP contribution in [0.4, 0.5) is 0 Å². The molecule has 0 aromatic heterocycles. The van der Waals surface area contributed by atoms with Crippen molar-refractivity contribution in [1.82, 2.24) is 14.7 Å². The topological polar surface area (TPSA) is 90.4 Å². The summed E-state index contributed by atoms with van der Waals surface area (Å²) in [5.41, 5.74) is -0.396. The normalized spacial score (nSPS) is 31.8. The number of aliphatic hydroxyl groups is 1. The molecule has 6 atom stereocenters. The monoisotopic (exact) mass is 623 g/mol. The Kier molecular flexibility index (Phi) is 8.36. The van der Waals surface area contributed by atoms with Crippen LogP contribution in [0.2, 0.25) is 0 Å². The molecule has 242 valence electrons. The zero-order chi connectivity index (χ0) is 31.9. The molecule has 0 bridgehead atoms. The van der Waals surface area contributed by atoms with E-state index in [1.807, 2.05) is 102 Å². The Morgan fingerprint density at radius 3 is 2.17 bits per heavy atom. The van der Waals surface area contributed by atoms with Crippen LogP contribution in [0.25, 0.3) is 0 Å². The van der Waals surface area contributed by atoms with Crippen LogP contribution in [0.5, 0.6) is 0 Å². The number of carbonyl (C=O) groups is 3. The maximum absolute atomic E-state index is 15.1. The van der Waals surface area contributed by atoms with Gasteiger partial charge in [-0.2, -0.15) is 0 Å². The number of hydrogen-bond acceptors (Lipinski definition) is 5. The second-order valence-electron chi connectivity index (χ2n) is 13.7. The van der Waals surface area contributed by atoms with Gasteiger partial charge in [-0.3, -0.25) is 14.4 Å². The predicted octanol–water partition coefficient (Wildman–Crippen LogP) is 4.28. The van der Waals surface area contributed by atoms with Crippen molar-refractivity contribution >= 4 is 17.7 Å². The number of rotatable bonds is 8. The molecule has 1 saturated carbocycles. The molecule has 46 heavy (non-hydrogen) atoms. The molecule has 1 aliphatic carbocycles. The number of hydrogen-bond donors (Lipinski definition) is 1. The molecule has 5 aliphatic rings. The molecule has 0 radical (unpaired) electrons. The van der Waals surface area contributed by atoms with Crippen molar-refractivity contribution in [2.75, 3.05) is 19.7 Å². The molecule has 2 aromatic carbocycles. The SMILES string of the molecule is CC[C@@]12C=CCN(Cc3ccccc3)C(=O)[C@@H]1[C@H]1C(=O)N([C@@H](CO)Cc3ccccc3)C3C(=O)N(C4CCCCC4)CC=C[C@@]31O2. The van der Waals surface area contributed by atoms with Gasteiger partial charge in [0.15, 0.2) is 0 Å². The largest absolute Gasteiger partial charge is 0.394 e. The van der Waals surface area contributed by atoms with Gasteiger partial charge in [0.2, 0.25) is 17.7 Å². The van der Waals surface area contributed by atoms with E-state index in [2.05, 4.69) is 0 Å². The summed E-state index contributed by atoms with van der Waals surface area (Å²) in [7, 11) is 0. The van der Waals surface area contributed by atoms with E-state index in [-0.39, 0.29) is 30.4 Å². The molecule has 1 N–H and O–H groups in total. The van der Waals surface area contributed by atoms with Gasteiger partial charge in [-0.15, -0.1) is 0 Å². The van der Waals surface area contributed by atoms with E-state index >= 15 is 4.79 Å². The first kappa shape index (κ1) is 30.9. The Morgan fingerprint density at radius 1 is 0.826 bits per heavy atom. The van der Waals surface area contributed by atoms with Crippen molar-refractivity contribution in [3.8, 4) is 0 Å². The summed E-state index contributed by atoms with van der Waals surface area (Å²) in [6.07, 6.45) is 13.9. The molecular weight excluding hydrogens is 578 g/mol. The average molecular weight is 624 g/mol. The number of aliphatic hydroxyl groups excluding tert-OH is 1. The van der Waals surface area contributed by atoms with Crippen molar-refractivity contribution in [2.45, 2.75) is 87.7 Å². The lowest BCUT2D eigenvalue weighted by atomic mass is 9.73. The molecule has 4 aliphatic heterocycles. The Balaban J connectivity index is 1.33. The quantitative estimate of drug-likeness (QED) is 0.444. The van der Waals surface area contributed by atoms with Crippen LogP contribution >= 0.6 is 0 Å². The molecule has 7 rings (SSSR count). The third-order valence-electron chi connectivity index (χ3n) is 11.1. The Bertz CT molecular complexity index is 1500. The van der Waals surface area contributed by atoms with E-state index in [1.54, 1.807) is 4.90 Å². The van der Waals surface area contributed by atoms with E-state index in [0.717, 1.165) is 43.2 Å². The second-order valence-corrected chi connectivity index (χ2v) is 13.7. The van der Waals surface area contributed by atoms with Crippen molar-refractivity contribution in [3.63, 3.8) is 0 Å². The number of ether oxygens (including phenoxy) is 1. The Morgan fingerprint density at radius 2 is 1.50 bits per heavy atom. The van der Waals surface area contributed by atoms with E-state index in [9.17, 15) is 14.7 Å². The molecule has 1 unspecified atom stereocenters. The van der Waals surface area contributed by atoms with Crippen LogP contribution < -0.4 is 0 Å². The number of likely N-dealkylation sites (tertiary alicyclic amines) is 1. The van der Waals surface area contributed by atoms with Gasteiger partial charge in [-0.1, -0.05) is 111 Å². The third-order valence-corrected chi connectivity index (χ3v) is 11.1. The van der Waals surface area contributed by atoms with E-state index < -0.39 is 35.1 Å². The Labute approximate surface area is 271 Å². The number of fused-ring (bicyclic) bond motifs is 2. The molecular formula is C38H45N3O5. The molecule has 8 nitrogen and oxygen atoms in total. The van der Waals surface area contributed by atoms with Gasteiger partial charge in [0.05, 0.1) is 30.1 Å². The van der Waals surface area contributed by atoms with E-state index in [1.165, 1.54) is 0 Å². The standard InChI is InChI=1S/C38H45N3O5/c1-2-37-20-12-22-39(25-28-16-8-4-9-17-28)34(43)31(37)32-35(44)41(30(26-42)24-27-14-6-3-7-15-27)33-36(45)40(29-18-10-5-11-19-29)23-13-21-38(32,33)46-37/h3-4,6-9,12-17,20-21,29-33,42H,2,5,10-11,18-19,22-26H2,1H3/t30-,31+,32+,33?,37-,38+/m1/s1. The van der Waals surface area contributed by atoms with Gasteiger partial charge in [-0.05, 0) is 36.8 Å². The second kappa shape index (κ2) is 12.5. The summed E-state index contributed by atoms with van der Waals surface area (Å²) < 4.78 is 7.19. The predicted molar refractivity (Wildman–Crippen MR) is 174 cm³/mol. The van der Waals surface area contributed by atoms with Crippen molar-refractivity contribution in [2.24, 2.45) is 11.8 Å². The lowest BCUT2D eigenvalue weighted by Gasteiger charge is -2.42. The first-order chi connectivity index (χ1) is 22.4. The minimum atomic E-state index is -1.34. The highest BCUT2D eigenvalue weighted by Gasteiger charge is 2.76. The van der Waals surface area contributed by atoms with Gasteiger partial charge in [0.1, 0.15) is 11.6 Å². The van der Waals surface area contributed by atoms with Gasteiger partial charge in [-0.25, -0.2) is 0 Å². The number of benzene rings is 2. The van der Waals surface area contributed by atoms with Crippen LogP contribution in [-0.2, 0) is 32.1 Å². The number of nitrogens with zero attached hydrogens (tertiary/aromatic N) is 3. The van der Waals surface area contributed by atoms with Crippen LogP contribution in [0, 0.1) is 11.8 Å². The maximum atomic E-state index is 15.1. The van der Waals surface area contributed by atoms with Crippen LogP contribution in [0.15, 0.2) is 85.0 Å². The first-order valence-electron chi connectivity index (χ1n) is 17.1. The minimum Gasteiger partial charge on any atom is -0.394 e. The highest BCUT2D eigenvalue weighted by Crippen LogP contribution is 2.59. The summed E-state index contributed by atoms with van der Waals surface area (Å²) in [6, 6.07) is 18.1. The van der Waals surface area contributed by atoms with Crippen LogP contribution in [-0.4, -0.2) is 86.6 Å². The molecule has 3 amide bonds. The molecule has 2 aromatic rings. The first-order valence-corrected chi connectivity index (χ1v) is 17.1.